The summed E-state index contributed by atoms with van der Waals surface area (Å²) in [6.45, 7) is 1.33. The highest BCUT2D eigenvalue weighted by atomic mass is 32.1. The Hall–Kier alpha value is -3.46. The average molecular weight is 398 g/mol. The molecule has 1 aromatic heterocycles. The lowest BCUT2D eigenvalue weighted by Gasteiger charge is -2.08. The number of hydrogen-bond acceptors (Lipinski definition) is 7. The maximum Gasteiger partial charge on any atom is 0.308 e. The molecule has 3 aromatic rings. The van der Waals surface area contributed by atoms with Crippen molar-refractivity contribution in [2.24, 2.45) is 5.10 Å². The number of aromatic nitrogens is 3. The SMILES string of the molecule is COc1cc(/C=N/n2c(-c3ccccc3OC)n[nH]c2=S)ccc1OC(C)=O. The molecule has 0 amide bonds. The van der Waals surface area contributed by atoms with Crippen LogP contribution in [0.2, 0.25) is 0 Å². The van der Waals surface area contributed by atoms with Crippen LogP contribution < -0.4 is 14.2 Å². The summed E-state index contributed by atoms with van der Waals surface area (Å²) in [4.78, 5) is 11.2. The highest BCUT2D eigenvalue weighted by Gasteiger charge is 2.13. The van der Waals surface area contributed by atoms with E-state index in [-0.39, 0.29) is 0 Å². The summed E-state index contributed by atoms with van der Waals surface area (Å²) < 4.78 is 17.6. The molecular weight excluding hydrogens is 380 g/mol. The molecule has 8 nitrogen and oxygen atoms in total. The van der Waals surface area contributed by atoms with E-state index in [1.807, 2.05) is 24.3 Å². The fourth-order valence-corrected chi connectivity index (χ4v) is 2.71. The van der Waals surface area contributed by atoms with Crippen LogP contribution in [0.25, 0.3) is 11.4 Å². The third-order valence-electron chi connectivity index (χ3n) is 3.76. The summed E-state index contributed by atoms with van der Waals surface area (Å²) in [6, 6.07) is 12.5. The molecular formula is C19H18N4O4S. The van der Waals surface area contributed by atoms with Crippen LogP contribution >= 0.6 is 12.2 Å². The smallest absolute Gasteiger partial charge is 0.308 e. The van der Waals surface area contributed by atoms with Gasteiger partial charge in [0.15, 0.2) is 17.3 Å². The second-order valence-electron chi connectivity index (χ2n) is 5.61. The van der Waals surface area contributed by atoms with Crippen LogP contribution in [0, 0.1) is 4.77 Å². The van der Waals surface area contributed by atoms with Gasteiger partial charge in [0, 0.05) is 6.92 Å². The van der Waals surface area contributed by atoms with Gasteiger partial charge in [0.1, 0.15) is 5.75 Å². The Morgan fingerprint density at radius 2 is 1.89 bits per heavy atom. The minimum Gasteiger partial charge on any atom is -0.496 e. The minimum absolute atomic E-state index is 0.334. The third kappa shape index (κ3) is 4.09. The van der Waals surface area contributed by atoms with Gasteiger partial charge in [-0.05, 0) is 48.1 Å². The monoisotopic (exact) mass is 398 g/mol. The lowest BCUT2D eigenvalue weighted by atomic mass is 10.2. The highest BCUT2D eigenvalue weighted by molar-refractivity contribution is 7.71. The summed E-state index contributed by atoms with van der Waals surface area (Å²) in [5.41, 5.74) is 1.47. The maximum absolute atomic E-state index is 11.2. The first-order valence-electron chi connectivity index (χ1n) is 8.25. The molecule has 28 heavy (non-hydrogen) atoms. The summed E-state index contributed by atoms with van der Waals surface area (Å²) in [7, 11) is 3.08. The van der Waals surface area contributed by atoms with Gasteiger partial charge in [-0.3, -0.25) is 4.79 Å². The Balaban J connectivity index is 1.97. The molecule has 0 aliphatic heterocycles. The van der Waals surface area contributed by atoms with Gasteiger partial charge in [-0.15, -0.1) is 0 Å². The van der Waals surface area contributed by atoms with E-state index < -0.39 is 5.97 Å². The number of nitrogens with zero attached hydrogens (tertiary/aromatic N) is 3. The first-order valence-corrected chi connectivity index (χ1v) is 8.66. The molecule has 0 bridgehead atoms. The molecule has 0 saturated heterocycles. The van der Waals surface area contributed by atoms with E-state index in [4.69, 9.17) is 26.4 Å². The Morgan fingerprint density at radius 3 is 2.61 bits per heavy atom. The minimum atomic E-state index is -0.425. The number of carbonyl (C=O) groups excluding carboxylic acids is 1. The highest BCUT2D eigenvalue weighted by Crippen LogP contribution is 2.29. The van der Waals surface area contributed by atoms with Crippen molar-refractivity contribution in [2.75, 3.05) is 14.2 Å². The number of carbonyl (C=O) groups is 1. The average Bonchev–Trinajstić information content (AvgIpc) is 3.07. The van der Waals surface area contributed by atoms with E-state index in [0.717, 1.165) is 11.1 Å². The zero-order valence-electron chi connectivity index (χ0n) is 15.5. The van der Waals surface area contributed by atoms with Crippen molar-refractivity contribution in [2.45, 2.75) is 6.92 Å². The summed E-state index contributed by atoms with van der Waals surface area (Å²) in [5, 5.41) is 11.4. The van der Waals surface area contributed by atoms with Crippen LogP contribution in [0.15, 0.2) is 47.6 Å². The molecule has 0 saturated carbocycles. The van der Waals surface area contributed by atoms with Gasteiger partial charge in [-0.25, -0.2) is 5.10 Å². The molecule has 0 unspecified atom stereocenters. The third-order valence-corrected chi connectivity index (χ3v) is 4.03. The van der Waals surface area contributed by atoms with Gasteiger partial charge in [-0.2, -0.15) is 14.9 Å². The number of benzene rings is 2. The van der Waals surface area contributed by atoms with Gasteiger partial charge in [0.05, 0.1) is 26.0 Å². The van der Waals surface area contributed by atoms with Crippen molar-refractivity contribution in [3.8, 4) is 28.6 Å². The fraction of sp³-hybridized carbons (Fsp3) is 0.158. The summed E-state index contributed by atoms with van der Waals surface area (Å²) in [5.74, 6) is 1.50. The Labute approximate surface area is 166 Å². The number of H-pyrrole nitrogens is 1. The summed E-state index contributed by atoms with van der Waals surface area (Å²) in [6.07, 6.45) is 1.60. The van der Waals surface area contributed by atoms with Gasteiger partial charge in [0.25, 0.3) is 0 Å². The van der Waals surface area contributed by atoms with Crippen molar-refractivity contribution in [3.63, 3.8) is 0 Å². The van der Waals surface area contributed by atoms with Gasteiger partial charge in [0.2, 0.25) is 4.77 Å². The van der Waals surface area contributed by atoms with Crippen LogP contribution in [0.5, 0.6) is 17.2 Å². The zero-order valence-corrected chi connectivity index (χ0v) is 16.3. The topological polar surface area (TPSA) is 90.7 Å². The zero-order chi connectivity index (χ0) is 20.1. The van der Waals surface area contributed by atoms with E-state index >= 15 is 0 Å². The normalized spacial score (nSPS) is 10.8. The molecule has 2 aromatic carbocycles. The number of aromatic amines is 1. The van der Waals surface area contributed by atoms with Crippen molar-refractivity contribution in [1.82, 2.24) is 14.9 Å². The van der Waals surface area contributed by atoms with Crippen LogP contribution in [0.3, 0.4) is 0 Å². The predicted octanol–water partition coefficient (Wildman–Crippen LogP) is 3.43. The Morgan fingerprint density at radius 1 is 1.14 bits per heavy atom. The number of nitrogens with one attached hydrogen (secondary N) is 1. The van der Waals surface area contributed by atoms with Crippen LogP contribution in [-0.2, 0) is 4.79 Å². The van der Waals surface area contributed by atoms with Crippen molar-refractivity contribution >= 4 is 24.4 Å². The van der Waals surface area contributed by atoms with Crippen molar-refractivity contribution in [1.29, 1.82) is 0 Å². The van der Waals surface area contributed by atoms with Crippen LogP contribution in [-0.4, -0.2) is 41.3 Å². The lowest BCUT2D eigenvalue weighted by molar-refractivity contribution is -0.132. The maximum atomic E-state index is 11.2. The molecule has 3 rings (SSSR count). The first kappa shape index (κ1) is 19.3. The molecule has 0 fully saturated rings. The number of rotatable bonds is 6. The second kappa shape index (κ2) is 8.49. The molecule has 9 heteroatoms. The number of methoxy groups -OCH3 is 2. The fourth-order valence-electron chi connectivity index (χ4n) is 2.53. The Kier molecular flexibility index (Phi) is 5.85. The second-order valence-corrected chi connectivity index (χ2v) is 6.00. The molecule has 0 spiro atoms. The van der Waals surface area contributed by atoms with E-state index in [9.17, 15) is 4.79 Å². The predicted molar refractivity (Wildman–Crippen MR) is 107 cm³/mol. The standard InChI is InChI=1S/C19H18N4O4S/c1-12(24)27-16-9-8-13(10-17(16)26-3)11-20-23-18(21-22-19(23)28)14-6-4-5-7-15(14)25-2/h4-11H,1-3H3,(H,22,28)/b20-11+. The van der Waals surface area contributed by atoms with Crippen molar-refractivity contribution in [3.05, 3.63) is 52.8 Å². The molecule has 144 valence electrons. The van der Waals surface area contributed by atoms with Crippen LogP contribution in [0.4, 0.5) is 0 Å². The number of esters is 1. The molecule has 0 aliphatic rings. The van der Waals surface area contributed by atoms with Gasteiger partial charge >= 0.3 is 5.97 Å². The van der Waals surface area contributed by atoms with Crippen LogP contribution in [0.1, 0.15) is 12.5 Å². The van der Waals surface area contributed by atoms with Crippen molar-refractivity contribution < 1.29 is 19.0 Å². The summed E-state index contributed by atoms with van der Waals surface area (Å²) >= 11 is 5.29. The quantitative estimate of drug-likeness (QED) is 0.296. The van der Waals surface area contributed by atoms with Gasteiger partial charge < -0.3 is 14.2 Å². The van der Waals surface area contributed by atoms with E-state index in [0.29, 0.717) is 27.8 Å². The molecule has 0 aliphatic carbocycles. The number of hydrogen-bond donors (Lipinski definition) is 1. The van der Waals surface area contributed by atoms with Gasteiger partial charge in [-0.1, -0.05) is 12.1 Å². The molecule has 0 atom stereocenters. The molecule has 1 heterocycles. The largest absolute Gasteiger partial charge is 0.496 e. The Bertz CT molecular complexity index is 1090. The first-order chi connectivity index (χ1) is 13.5. The molecule has 0 radical (unpaired) electrons. The van der Waals surface area contributed by atoms with E-state index in [2.05, 4.69) is 15.3 Å². The van der Waals surface area contributed by atoms with E-state index in [1.165, 1.54) is 18.7 Å². The van der Waals surface area contributed by atoms with E-state index in [1.54, 1.807) is 31.5 Å². The molecule has 1 N–H and O–H groups in total. The number of para-hydroxylation sites is 1. The lowest BCUT2D eigenvalue weighted by Crippen LogP contribution is -2.03. The number of ether oxygens (including phenoxy) is 3.